The predicted molar refractivity (Wildman–Crippen MR) is 57.8 cm³/mol. The number of rotatable bonds is 4. The highest BCUT2D eigenvalue weighted by molar-refractivity contribution is 7.88. The minimum atomic E-state index is -3.09. The summed E-state index contributed by atoms with van der Waals surface area (Å²) in [5.41, 5.74) is 0. The molecule has 0 aliphatic carbocycles. The molecule has 0 N–H and O–H groups in total. The van der Waals surface area contributed by atoms with Gasteiger partial charge in [-0.15, -0.1) is 11.3 Å². The predicted octanol–water partition coefficient (Wildman–Crippen LogP) is 1.10. The van der Waals surface area contributed by atoms with Crippen molar-refractivity contribution in [3.05, 3.63) is 16.1 Å². The molecule has 0 spiro atoms. The molecule has 14 heavy (non-hydrogen) atoms. The molecule has 0 aromatic carbocycles. The number of hydrogen-bond donors (Lipinski definition) is 0. The Hall–Kier alpha value is -0.460. The molecule has 0 aliphatic rings. The highest BCUT2D eigenvalue weighted by atomic mass is 32.2. The van der Waals surface area contributed by atoms with E-state index >= 15 is 0 Å². The second-order valence-corrected chi connectivity index (χ2v) is 6.38. The molecule has 1 aromatic heterocycles. The molecule has 1 rings (SSSR count). The zero-order chi connectivity index (χ0) is 10.8. The molecule has 0 amide bonds. The molecule has 0 fully saturated rings. The standard InChI is InChI=1S/C8H14N2O2S2/c1-4-8-9-5-7(13-8)6-10(2)14(3,11)12/h5H,4,6H2,1-3H3. The number of nitrogens with zero attached hydrogens (tertiary/aromatic N) is 2. The van der Waals surface area contributed by atoms with E-state index in [-0.39, 0.29) is 0 Å². The van der Waals surface area contributed by atoms with Crippen LogP contribution in [0.15, 0.2) is 6.20 Å². The lowest BCUT2D eigenvalue weighted by atomic mass is 10.5. The molecular formula is C8H14N2O2S2. The largest absolute Gasteiger partial charge is 0.249 e. The summed E-state index contributed by atoms with van der Waals surface area (Å²) in [5, 5.41) is 1.04. The van der Waals surface area contributed by atoms with Crippen LogP contribution in [0.1, 0.15) is 16.8 Å². The van der Waals surface area contributed by atoms with Gasteiger partial charge in [-0.2, -0.15) is 4.31 Å². The summed E-state index contributed by atoms with van der Waals surface area (Å²) >= 11 is 1.56. The molecule has 80 valence electrons. The fourth-order valence-corrected chi connectivity index (χ4v) is 2.29. The second-order valence-electron chi connectivity index (χ2n) is 3.09. The maximum Gasteiger partial charge on any atom is 0.211 e. The lowest BCUT2D eigenvalue weighted by Crippen LogP contribution is -2.24. The van der Waals surface area contributed by atoms with Crippen LogP contribution < -0.4 is 0 Å². The zero-order valence-corrected chi connectivity index (χ0v) is 10.2. The van der Waals surface area contributed by atoms with Crippen LogP contribution in [0.25, 0.3) is 0 Å². The Morgan fingerprint density at radius 2 is 2.21 bits per heavy atom. The van der Waals surface area contributed by atoms with Crippen molar-refractivity contribution in [2.75, 3.05) is 13.3 Å². The highest BCUT2D eigenvalue weighted by Gasteiger charge is 2.12. The Kier molecular flexibility index (Phi) is 3.63. The monoisotopic (exact) mass is 234 g/mol. The molecule has 1 aromatic rings. The van der Waals surface area contributed by atoms with E-state index in [1.165, 1.54) is 10.6 Å². The summed E-state index contributed by atoms with van der Waals surface area (Å²) in [6.45, 7) is 2.44. The van der Waals surface area contributed by atoms with Crippen LogP contribution in [0.3, 0.4) is 0 Å². The summed E-state index contributed by atoms with van der Waals surface area (Å²) in [7, 11) is -1.52. The van der Waals surface area contributed by atoms with Crippen molar-refractivity contribution >= 4 is 21.4 Å². The fraction of sp³-hybridized carbons (Fsp3) is 0.625. The average molecular weight is 234 g/mol. The number of hydrogen-bond acceptors (Lipinski definition) is 4. The van der Waals surface area contributed by atoms with Crippen LogP contribution >= 0.6 is 11.3 Å². The van der Waals surface area contributed by atoms with Crippen LogP contribution in [-0.2, 0) is 23.0 Å². The van der Waals surface area contributed by atoms with Crippen LogP contribution in [0, 0.1) is 0 Å². The van der Waals surface area contributed by atoms with Gasteiger partial charge >= 0.3 is 0 Å². The van der Waals surface area contributed by atoms with Crippen molar-refractivity contribution < 1.29 is 8.42 Å². The zero-order valence-electron chi connectivity index (χ0n) is 8.52. The summed E-state index contributed by atoms with van der Waals surface area (Å²) in [4.78, 5) is 5.15. The van der Waals surface area contributed by atoms with Crippen LogP contribution in [0.4, 0.5) is 0 Å². The number of sulfonamides is 1. The second kappa shape index (κ2) is 4.37. The molecule has 0 aliphatic heterocycles. The molecule has 0 saturated carbocycles. The Bertz CT molecular complexity index is 397. The molecule has 0 unspecified atom stereocenters. The van der Waals surface area contributed by atoms with Crippen molar-refractivity contribution in [2.24, 2.45) is 0 Å². The summed E-state index contributed by atoms with van der Waals surface area (Å²) in [6, 6.07) is 0. The molecule has 0 atom stereocenters. The van der Waals surface area contributed by atoms with Gasteiger partial charge in [0.05, 0.1) is 11.3 Å². The molecule has 0 saturated heterocycles. The van der Waals surface area contributed by atoms with Gasteiger partial charge in [0.25, 0.3) is 0 Å². The minimum Gasteiger partial charge on any atom is -0.249 e. The van der Waals surface area contributed by atoms with Gasteiger partial charge in [-0.1, -0.05) is 6.92 Å². The molecule has 1 heterocycles. The van der Waals surface area contributed by atoms with E-state index in [0.29, 0.717) is 6.54 Å². The van der Waals surface area contributed by atoms with Gasteiger partial charge in [0, 0.05) is 24.7 Å². The van der Waals surface area contributed by atoms with Crippen molar-refractivity contribution in [2.45, 2.75) is 19.9 Å². The third kappa shape index (κ3) is 3.04. The van der Waals surface area contributed by atoms with Crippen molar-refractivity contribution in [1.82, 2.24) is 9.29 Å². The average Bonchev–Trinajstić information content (AvgIpc) is 2.50. The first-order valence-corrected chi connectivity index (χ1v) is 6.95. The normalized spacial score (nSPS) is 12.3. The topological polar surface area (TPSA) is 50.3 Å². The van der Waals surface area contributed by atoms with E-state index in [0.717, 1.165) is 16.3 Å². The first kappa shape index (κ1) is 11.6. The first-order valence-electron chi connectivity index (χ1n) is 4.28. The van der Waals surface area contributed by atoms with E-state index in [4.69, 9.17) is 0 Å². The molecule has 0 bridgehead atoms. The minimum absolute atomic E-state index is 0.413. The quantitative estimate of drug-likeness (QED) is 0.784. The molecule has 4 nitrogen and oxygen atoms in total. The Morgan fingerprint density at radius 3 is 2.64 bits per heavy atom. The van der Waals surface area contributed by atoms with Gasteiger partial charge in [-0.3, -0.25) is 0 Å². The van der Waals surface area contributed by atoms with Crippen LogP contribution in [0.5, 0.6) is 0 Å². The molecule has 0 radical (unpaired) electrons. The Morgan fingerprint density at radius 1 is 1.57 bits per heavy atom. The van der Waals surface area contributed by atoms with Gasteiger partial charge in [-0.05, 0) is 6.42 Å². The van der Waals surface area contributed by atoms with Gasteiger partial charge < -0.3 is 0 Å². The summed E-state index contributed by atoms with van der Waals surface area (Å²) in [5.74, 6) is 0. The lowest BCUT2D eigenvalue weighted by Gasteiger charge is -2.11. The molecular weight excluding hydrogens is 220 g/mol. The fourth-order valence-electron chi connectivity index (χ4n) is 0.921. The maximum atomic E-state index is 11.1. The number of aryl methyl sites for hydroxylation is 1. The van der Waals surface area contributed by atoms with Crippen LogP contribution in [0.2, 0.25) is 0 Å². The third-order valence-corrected chi connectivity index (χ3v) is 4.24. The third-order valence-electron chi connectivity index (χ3n) is 1.85. The van der Waals surface area contributed by atoms with Crippen molar-refractivity contribution in [3.8, 4) is 0 Å². The maximum absolute atomic E-state index is 11.1. The van der Waals surface area contributed by atoms with Crippen molar-refractivity contribution in [1.29, 1.82) is 0 Å². The van der Waals surface area contributed by atoms with Gasteiger partial charge in [0.1, 0.15) is 0 Å². The Balaban J connectivity index is 2.70. The van der Waals surface area contributed by atoms with E-state index in [2.05, 4.69) is 4.98 Å². The highest BCUT2D eigenvalue weighted by Crippen LogP contribution is 2.15. The summed E-state index contributed by atoms with van der Waals surface area (Å²) < 4.78 is 23.6. The van der Waals surface area contributed by atoms with Gasteiger partial charge in [0.15, 0.2) is 0 Å². The first-order chi connectivity index (χ1) is 6.43. The molecule has 6 heteroatoms. The van der Waals surface area contributed by atoms with E-state index in [1.54, 1.807) is 24.6 Å². The SMILES string of the molecule is CCc1ncc(CN(C)S(C)(=O)=O)s1. The van der Waals surface area contributed by atoms with Gasteiger partial charge in [0.2, 0.25) is 10.0 Å². The smallest absolute Gasteiger partial charge is 0.211 e. The Labute approximate surface area is 88.6 Å². The van der Waals surface area contributed by atoms with E-state index < -0.39 is 10.0 Å². The number of thiazole rings is 1. The summed E-state index contributed by atoms with van der Waals surface area (Å²) in [6.07, 6.45) is 3.84. The van der Waals surface area contributed by atoms with Gasteiger partial charge in [-0.25, -0.2) is 13.4 Å². The van der Waals surface area contributed by atoms with Crippen LogP contribution in [-0.4, -0.2) is 31.0 Å². The lowest BCUT2D eigenvalue weighted by molar-refractivity contribution is 0.475. The van der Waals surface area contributed by atoms with E-state index in [9.17, 15) is 8.42 Å². The number of aromatic nitrogens is 1. The van der Waals surface area contributed by atoms with Crippen molar-refractivity contribution in [3.63, 3.8) is 0 Å². The van der Waals surface area contributed by atoms with E-state index in [1.807, 2.05) is 6.92 Å².